The number of nitrogens with zero attached hydrogens (tertiary/aromatic N) is 1. The molecular formula is C21H29NO4S. The van der Waals surface area contributed by atoms with Gasteiger partial charge in [-0.1, -0.05) is 32.9 Å². The predicted molar refractivity (Wildman–Crippen MR) is 110 cm³/mol. The quantitative estimate of drug-likeness (QED) is 0.565. The number of hydrogen-bond donors (Lipinski definition) is 0. The van der Waals surface area contributed by atoms with Crippen LogP contribution in [0.25, 0.3) is 5.57 Å². The Labute approximate surface area is 166 Å². The van der Waals surface area contributed by atoms with E-state index in [-0.39, 0.29) is 24.5 Å². The lowest BCUT2D eigenvalue weighted by Crippen LogP contribution is -2.35. The number of rotatable bonds is 10. The molecule has 0 saturated carbocycles. The minimum Gasteiger partial charge on any atom is -0.493 e. The van der Waals surface area contributed by atoms with Crippen LogP contribution >= 0.6 is 11.8 Å². The van der Waals surface area contributed by atoms with Crippen LogP contribution in [0.15, 0.2) is 29.2 Å². The molecule has 0 unspecified atom stereocenters. The zero-order chi connectivity index (χ0) is 20.0. The van der Waals surface area contributed by atoms with Crippen LogP contribution in [-0.4, -0.2) is 48.3 Å². The summed E-state index contributed by atoms with van der Waals surface area (Å²) < 4.78 is 11.2. The minimum absolute atomic E-state index is 0.0631. The van der Waals surface area contributed by atoms with Crippen LogP contribution in [0.5, 0.6) is 5.75 Å². The normalized spacial score (nSPS) is 14.9. The lowest BCUT2D eigenvalue weighted by atomic mass is 10.1. The van der Waals surface area contributed by atoms with Crippen molar-refractivity contribution in [2.24, 2.45) is 5.92 Å². The molecule has 5 nitrogen and oxygen atoms in total. The smallest absolute Gasteiger partial charge is 0.268 e. The molecule has 0 fully saturated rings. The van der Waals surface area contributed by atoms with Gasteiger partial charge < -0.3 is 9.47 Å². The molecule has 1 aromatic rings. The second-order valence-electron chi connectivity index (χ2n) is 7.05. The van der Waals surface area contributed by atoms with E-state index in [9.17, 15) is 9.59 Å². The second kappa shape index (κ2) is 9.95. The molecule has 0 aromatic heterocycles. The molecule has 1 aliphatic heterocycles. The summed E-state index contributed by atoms with van der Waals surface area (Å²) in [5, 5.41) is 0. The van der Waals surface area contributed by atoms with Crippen molar-refractivity contribution in [2.75, 3.05) is 25.5 Å². The topological polar surface area (TPSA) is 55.8 Å². The van der Waals surface area contributed by atoms with Crippen LogP contribution in [-0.2, 0) is 14.3 Å². The van der Waals surface area contributed by atoms with Gasteiger partial charge in [-0.05, 0) is 43.2 Å². The summed E-state index contributed by atoms with van der Waals surface area (Å²) in [6.07, 6.45) is 0.0631. The second-order valence-corrected chi connectivity index (χ2v) is 8.32. The number of carbonyl (C=O) groups is 2. The van der Waals surface area contributed by atoms with Gasteiger partial charge in [0.05, 0.1) is 36.3 Å². The van der Waals surface area contributed by atoms with E-state index in [0.717, 1.165) is 17.1 Å². The highest BCUT2D eigenvalue weighted by atomic mass is 32.2. The molecule has 0 radical (unpaired) electrons. The maximum absolute atomic E-state index is 12.9. The highest BCUT2D eigenvalue weighted by Gasteiger charge is 2.38. The fourth-order valence-electron chi connectivity index (χ4n) is 2.65. The first-order chi connectivity index (χ1) is 12.8. The third kappa shape index (κ3) is 5.59. The average Bonchev–Trinajstić information content (AvgIpc) is 2.85. The fraction of sp³-hybridized carbons (Fsp3) is 0.524. The molecule has 6 heteroatoms. The Morgan fingerprint density at radius 3 is 2.26 bits per heavy atom. The Morgan fingerprint density at radius 2 is 1.70 bits per heavy atom. The van der Waals surface area contributed by atoms with Crippen molar-refractivity contribution in [3.05, 3.63) is 34.7 Å². The first-order valence-corrected chi connectivity index (χ1v) is 10.4. The number of imide groups is 1. The lowest BCUT2D eigenvalue weighted by molar-refractivity contribution is -0.137. The van der Waals surface area contributed by atoms with Crippen molar-refractivity contribution < 1.29 is 19.1 Å². The highest BCUT2D eigenvalue weighted by molar-refractivity contribution is 8.04. The molecule has 2 amide bonds. The molecule has 148 valence electrons. The number of thioether (sulfide) groups is 1. The number of amides is 2. The zero-order valence-electron chi connectivity index (χ0n) is 16.8. The van der Waals surface area contributed by atoms with Gasteiger partial charge >= 0.3 is 0 Å². The van der Waals surface area contributed by atoms with E-state index in [0.29, 0.717) is 29.6 Å². The number of hydrogen-bond acceptors (Lipinski definition) is 5. The zero-order valence-corrected chi connectivity index (χ0v) is 17.6. The summed E-state index contributed by atoms with van der Waals surface area (Å²) in [5.74, 6) is 1.45. The molecule has 1 aromatic carbocycles. The van der Waals surface area contributed by atoms with E-state index in [1.54, 1.807) is 0 Å². The molecule has 0 bridgehead atoms. The predicted octanol–water partition coefficient (Wildman–Crippen LogP) is 3.98. The van der Waals surface area contributed by atoms with E-state index >= 15 is 0 Å². The summed E-state index contributed by atoms with van der Waals surface area (Å²) in [5.41, 5.74) is 1.22. The molecule has 0 N–H and O–H groups in total. The third-order valence-electron chi connectivity index (χ3n) is 3.91. The van der Waals surface area contributed by atoms with Gasteiger partial charge in [-0.25, -0.2) is 0 Å². The van der Waals surface area contributed by atoms with Crippen LogP contribution in [0.4, 0.5) is 0 Å². The monoisotopic (exact) mass is 391 g/mol. The van der Waals surface area contributed by atoms with Gasteiger partial charge in [-0.15, -0.1) is 11.8 Å². The number of carbonyl (C=O) groups excluding carboxylic acids is 2. The fourth-order valence-corrected chi connectivity index (χ4v) is 3.52. The minimum atomic E-state index is -0.251. The molecular weight excluding hydrogens is 362 g/mol. The van der Waals surface area contributed by atoms with Crippen molar-refractivity contribution in [1.29, 1.82) is 0 Å². The van der Waals surface area contributed by atoms with Crippen LogP contribution in [0.3, 0.4) is 0 Å². The summed E-state index contributed by atoms with van der Waals surface area (Å²) >= 11 is 1.41. The molecule has 0 saturated heterocycles. The standard InChI is InChI=1S/C21H29NO4S/c1-6-27-19-18(16-7-9-17(10-8-16)26-13-14(2)3)20(23)22(21(19)24)11-12-25-15(4)5/h7-10,14-15H,6,11-13H2,1-5H3. The van der Waals surface area contributed by atoms with Crippen molar-refractivity contribution in [2.45, 2.75) is 40.7 Å². The van der Waals surface area contributed by atoms with Gasteiger partial charge in [0, 0.05) is 0 Å². The van der Waals surface area contributed by atoms with E-state index in [1.807, 2.05) is 45.0 Å². The van der Waals surface area contributed by atoms with Gasteiger partial charge in [0.25, 0.3) is 11.8 Å². The number of ether oxygens (including phenoxy) is 2. The SMILES string of the molecule is CCSC1=C(c2ccc(OCC(C)C)cc2)C(=O)N(CCOC(C)C)C1=O. The molecule has 2 rings (SSSR count). The Kier molecular flexibility index (Phi) is 7.92. The van der Waals surface area contributed by atoms with E-state index < -0.39 is 0 Å². The Balaban J connectivity index is 2.20. The Hall–Kier alpha value is -1.79. The molecule has 1 aliphatic rings. The Bertz CT molecular complexity index is 695. The molecule has 0 atom stereocenters. The van der Waals surface area contributed by atoms with Gasteiger partial charge in [-0.2, -0.15) is 0 Å². The van der Waals surface area contributed by atoms with Crippen molar-refractivity contribution >= 4 is 29.1 Å². The van der Waals surface area contributed by atoms with E-state index in [2.05, 4.69) is 13.8 Å². The molecule has 0 spiro atoms. The maximum Gasteiger partial charge on any atom is 0.268 e. The Morgan fingerprint density at radius 1 is 1.04 bits per heavy atom. The van der Waals surface area contributed by atoms with Crippen molar-refractivity contribution in [1.82, 2.24) is 4.90 Å². The van der Waals surface area contributed by atoms with Crippen LogP contribution < -0.4 is 4.74 Å². The van der Waals surface area contributed by atoms with Crippen LogP contribution in [0.1, 0.15) is 40.2 Å². The number of benzene rings is 1. The summed E-state index contributed by atoms with van der Waals surface area (Å²) in [7, 11) is 0. The van der Waals surface area contributed by atoms with Gasteiger partial charge in [0.1, 0.15) is 5.75 Å². The van der Waals surface area contributed by atoms with Crippen LogP contribution in [0.2, 0.25) is 0 Å². The van der Waals surface area contributed by atoms with Crippen molar-refractivity contribution in [3.8, 4) is 5.75 Å². The van der Waals surface area contributed by atoms with Gasteiger partial charge in [-0.3, -0.25) is 14.5 Å². The highest BCUT2D eigenvalue weighted by Crippen LogP contribution is 2.36. The maximum atomic E-state index is 12.9. The van der Waals surface area contributed by atoms with E-state index in [4.69, 9.17) is 9.47 Å². The first-order valence-electron chi connectivity index (χ1n) is 9.43. The van der Waals surface area contributed by atoms with Crippen molar-refractivity contribution in [3.63, 3.8) is 0 Å². The summed E-state index contributed by atoms with van der Waals surface area (Å²) in [4.78, 5) is 27.5. The molecule has 0 aliphatic carbocycles. The molecule has 1 heterocycles. The summed E-state index contributed by atoms with van der Waals surface area (Å²) in [6, 6.07) is 7.39. The van der Waals surface area contributed by atoms with Gasteiger partial charge in [0.2, 0.25) is 0 Å². The van der Waals surface area contributed by atoms with Gasteiger partial charge in [0.15, 0.2) is 0 Å². The van der Waals surface area contributed by atoms with E-state index in [1.165, 1.54) is 16.7 Å². The largest absolute Gasteiger partial charge is 0.493 e. The lowest BCUT2D eigenvalue weighted by Gasteiger charge is -2.16. The summed E-state index contributed by atoms with van der Waals surface area (Å²) in [6.45, 7) is 11.3. The first kappa shape index (κ1) is 21.5. The van der Waals surface area contributed by atoms with Crippen LogP contribution in [0, 0.1) is 5.92 Å². The average molecular weight is 392 g/mol. The molecule has 27 heavy (non-hydrogen) atoms. The third-order valence-corrected chi connectivity index (χ3v) is 4.86.